The van der Waals surface area contributed by atoms with Gasteiger partial charge in [-0.3, -0.25) is 0 Å². The second-order valence-electron chi connectivity index (χ2n) is 6.93. The highest BCUT2D eigenvalue weighted by molar-refractivity contribution is 6.03. The number of nitrogen functional groups attached to an aromatic ring is 1. The number of rotatable bonds is 3. The van der Waals surface area contributed by atoms with E-state index in [1.54, 1.807) is 0 Å². The number of nitrogens with two attached hydrogens (primary N) is 1. The fourth-order valence-electron chi connectivity index (χ4n) is 3.53. The lowest BCUT2D eigenvalue weighted by molar-refractivity contribution is -0.0200. The molecule has 1 unspecified atom stereocenters. The van der Waals surface area contributed by atoms with E-state index in [9.17, 15) is 5.11 Å². The molecule has 0 saturated carbocycles. The lowest BCUT2D eigenvalue weighted by Crippen LogP contribution is -2.36. The Kier molecular flexibility index (Phi) is 3.85. The molecule has 122 valence electrons. The monoisotopic (exact) mass is 311 g/mol. The third-order valence-corrected chi connectivity index (χ3v) is 4.73. The minimum atomic E-state index is -0.967. The normalized spacial score (nSPS) is 19.5. The fraction of sp³-hybridized carbons (Fsp3) is 0.400. The molecule has 0 radical (unpaired) electrons. The van der Waals surface area contributed by atoms with Crippen molar-refractivity contribution in [2.45, 2.75) is 46.1 Å². The maximum Gasteiger partial charge on any atom is 0.130 e. The molecule has 0 aliphatic carbocycles. The van der Waals surface area contributed by atoms with Crippen LogP contribution < -0.4 is 10.5 Å². The summed E-state index contributed by atoms with van der Waals surface area (Å²) in [5, 5.41) is 13.2. The summed E-state index contributed by atoms with van der Waals surface area (Å²) in [7, 11) is 0. The highest BCUT2D eigenvalue weighted by atomic mass is 16.5. The largest absolute Gasteiger partial charge is 0.489 e. The third kappa shape index (κ3) is 2.59. The summed E-state index contributed by atoms with van der Waals surface area (Å²) in [4.78, 5) is 0. The molecule has 2 aromatic rings. The van der Waals surface area contributed by atoms with E-state index in [0.717, 1.165) is 45.3 Å². The van der Waals surface area contributed by atoms with Crippen LogP contribution in [-0.4, -0.2) is 11.7 Å². The summed E-state index contributed by atoms with van der Waals surface area (Å²) in [6.45, 7) is 8.49. The number of benzene rings is 2. The zero-order chi connectivity index (χ0) is 16.8. The zero-order valence-corrected chi connectivity index (χ0v) is 14.4. The van der Waals surface area contributed by atoms with Gasteiger partial charge in [0.2, 0.25) is 0 Å². The lowest BCUT2D eigenvalue weighted by Gasteiger charge is -2.35. The maximum absolute atomic E-state index is 11.2. The molecule has 23 heavy (non-hydrogen) atoms. The van der Waals surface area contributed by atoms with E-state index in [-0.39, 0.29) is 0 Å². The highest BCUT2D eigenvalue weighted by Crippen LogP contribution is 2.46. The van der Waals surface area contributed by atoms with Crippen LogP contribution in [0.25, 0.3) is 10.8 Å². The molecule has 0 amide bonds. The van der Waals surface area contributed by atoms with E-state index in [4.69, 9.17) is 10.5 Å². The van der Waals surface area contributed by atoms with Crippen LogP contribution in [0.1, 0.15) is 43.4 Å². The average Bonchev–Trinajstić information content (AvgIpc) is 2.45. The van der Waals surface area contributed by atoms with Crippen molar-refractivity contribution >= 4 is 16.5 Å². The molecule has 0 saturated heterocycles. The van der Waals surface area contributed by atoms with Crippen LogP contribution >= 0.6 is 0 Å². The van der Waals surface area contributed by atoms with Crippen LogP contribution in [0.2, 0.25) is 0 Å². The minimum absolute atomic E-state index is 0.291. The minimum Gasteiger partial charge on any atom is -0.489 e. The first-order chi connectivity index (χ1) is 10.8. The van der Waals surface area contributed by atoms with E-state index in [1.807, 2.05) is 32.0 Å². The van der Waals surface area contributed by atoms with Gasteiger partial charge >= 0.3 is 0 Å². The van der Waals surface area contributed by atoms with Crippen molar-refractivity contribution in [3.05, 3.63) is 46.5 Å². The summed E-state index contributed by atoms with van der Waals surface area (Å²) in [5.41, 5.74) is 10.4. The quantitative estimate of drug-likeness (QED) is 0.654. The fourth-order valence-corrected chi connectivity index (χ4v) is 3.53. The summed E-state index contributed by atoms with van der Waals surface area (Å²) >= 11 is 0. The molecular formula is C20H25NO2. The first-order valence-corrected chi connectivity index (χ1v) is 8.15. The standard InChI is InChI=1S/C20H25NO2/c1-12(2)6-5-9-20(22)11-23-19-14(4)10-16(21)17-13(3)7-8-15(20)18(17)19/h6-8,10,22H,5,9,11,21H2,1-4H3. The molecule has 0 bridgehead atoms. The summed E-state index contributed by atoms with van der Waals surface area (Å²) < 4.78 is 5.98. The third-order valence-electron chi connectivity index (χ3n) is 4.73. The molecule has 1 heterocycles. The summed E-state index contributed by atoms with van der Waals surface area (Å²) in [5.74, 6) is 0.861. The van der Waals surface area contributed by atoms with E-state index in [2.05, 4.69) is 19.9 Å². The number of allylic oxidation sites excluding steroid dienone is 2. The molecule has 3 N–H and O–H groups in total. The van der Waals surface area contributed by atoms with Gasteiger partial charge in [0.15, 0.2) is 0 Å². The van der Waals surface area contributed by atoms with Crippen molar-refractivity contribution in [1.29, 1.82) is 0 Å². The Morgan fingerprint density at radius 1 is 1.26 bits per heavy atom. The van der Waals surface area contributed by atoms with Gasteiger partial charge in [-0.25, -0.2) is 0 Å². The number of anilines is 1. The lowest BCUT2D eigenvalue weighted by atomic mass is 9.82. The van der Waals surface area contributed by atoms with Gasteiger partial charge in [-0.1, -0.05) is 23.8 Å². The summed E-state index contributed by atoms with van der Waals surface area (Å²) in [6.07, 6.45) is 3.63. The molecule has 0 aromatic heterocycles. The molecule has 3 heteroatoms. The Labute approximate surface area is 137 Å². The van der Waals surface area contributed by atoms with Crippen LogP contribution in [0.5, 0.6) is 5.75 Å². The zero-order valence-electron chi connectivity index (χ0n) is 14.4. The molecule has 3 rings (SSSR count). The number of ether oxygens (including phenoxy) is 1. The molecule has 1 atom stereocenters. The van der Waals surface area contributed by atoms with Gasteiger partial charge in [0, 0.05) is 16.5 Å². The van der Waals surface area contributed by atoms with E-state index < -0.39 is 5.60 Å². The van der Waals surface area contributed by atoms with Gasteiger partial charge < -0.3 is 15.6 Å². The van der Waals surface area contributed by atoms with Crippen LogP contribution in [0.4, 0.5) is 5.69 Å². The Hall–Kier alpha value is -2.00. The van der Waals surface area contributed by atoms with Gasteiger partial charge in [0.05, 0.1) is 0 Å². The molecule has 0 spiro atoms. The Morgan fingerprint density at radius 3 is 2.70 bits per heavy atom. The van der Waals surface area contributed by atoms with E-state index in [0.29, 0.717) is 13.0 Å². The van der Waals surface area contributed by atoms with Crippen LogP contribution in [0.15, 0.2) is 29.8 Å². The Morgan fingerprint density at radius 2 is 2.00 bits per heavy atom. The first kappa shape index (κ1) is 15.9. The molecule has 2 aromatic carbocycles. The van der Waals surface area contributed by atoms with Gasteiger partial charge in [-0.2, -0.15) is 0 Å². The van der Waals surface area contributed by atoms with Crippen molar-refractivity contribution < 1.29 is 9.84 Å². The smallest absolute Gasteiger partial charge is 0.130 e. The summed E-state index contributed by atoms with van der Waals surface area (Å²) in [6, 6.07) is 6.04. The predicted octanol–water partition coefficient (Wildman–Crippen LogP) is 4.37. The second kappa shape index (κ2) is 5.57. The topological polar surface area (TPSA) is 55.5 Å². The number of hydrogen-bond acceptors (Lipinski definition) is 3. The molecule has 1 aliphatic rings. The van der Waals surface area contributed by atoms with Crippen molar-refractivity contribution in [2.24, 2.45) is 0 Å². The Bertz CT molecular complexity index is 803. The number of aryl methyl sites for hydroxylation is 2. The van der Waals surface area contributed by atoms with Gasteiger partial charge in [0.25, 0.3) is 0 Å². The predicted molar refractivity (Wildman–Crippen MR) is 95.9 cm³/mol. The van der Waals surface area contributed by atoms with E-state index in [1.165, 1.54) is 5.57 Å². The molecule has 3 nitrogen and oxygen atoms in total. The second-order valence-corrected chi connectivity index (χ2v) is 6.93. The van der Waals surface area contributed by atoms with Crippen molar-refractivity contribution in [1.82, 2.24) is 0 Å². The van der Waals surface area contributed by atoms with Crippen molar-refractivity contribution in [2.75, 3.05) is 12.3 Å². The Balaban J connectivity index is 2.19. The van der Waals surface area contributed by atoms with Crippen molar-refractivity contribution in [3.63, 3.8) is 0 Å². The van der Waals surface area contributed by atoms with Crippen molar-refractivity contribution in [3.8, 4) is 5.75 Å². The van der Waals surface area contributed by atoms with E-state index >= 15 is 0 Å². The highest BCUT2D eigenvalue weighted by Gasteiger charge is 2.37. The number of aliphatic hydroxyl groups is 1. The molecule has 1 aliphatic heterocycles. The van der Waals surface area contributed by atoms with Gasteiger partial charge in [-0.15, -0.1) is 0 Å². The number of hydrogen-bond donors (Lipinski definition) is 2. The van der Waals surface area contributed by atoms with Gasteiger partial charge in [-0.05, 0) is 63.3 Å². The van der Waals surface area contributed by atoms with Gasteiger partial charge in [0.1, 0.15) is 18.0 Å². The average molecular weight is 311 g/mol. The maximum atomic E-state index is 11.2. The SMILES string of the molecule is CC(C)=CCCC1(O)COc2c(C)cc(N)c3c(C)ccc1c23. The molecular weight excluding hydrogens is 286 g/mol. The van der Waals surface area contributed by atoms with Crippen LogP contribution in [0, 0.1) is 13.8 Å². The first-order valence-electron chi connectivity index (χ1n) is 8.15. The van der Waals surface area contributed by atoms with Crippen LogP contribution in [0.3, 0.4) is 0 Å². The molecule has 0 fully saturated rings. The van der Waals surface area contributed by atoms with Crippen LogP contribution in [-0.2, 0) is 5.60 Å².